The predicted octanol–water partition coefficient (Wildman–Crippen LogP) is 12.0. The van der Waals surface area contributed by atoms with E-state index in [1.807, 2.05) is 58.0 Å². The average Bonchev–Trinajstić information content (AvgIpc) is 2.98. The lowest BCUT2D eigenvalue weighted by molar-refractivity contribution is 0.465. The third-order valence-corrected chi connectivity index (χ3v) is 7.98. The molecule has 3 aromatic rings. The van der Waals surface area contributed by atoms with E-state index in [0.717, 1.165) is 35.1 Å². The molecule has 0 saturated heterocycles. The molecule has 3 heteroatoms. The molecule has 3 nitrogen and oxygen atoms in total. The van der Waals surface area contributed by atoms with Crippen LogP contribution in [0.25, 0.3) is 0 Å². The van der Waals surface area contributed by atoms with Crippen LogP contribution in [0.2, 0.25) is 0 Å². The summed E-state index contributed by atoms with van der Waals surface area (Å²) in [6.07, 6.45) is 21.0. The molecule has 3 rings (SSSR count). The number of phenols is 3. The Morgan fingerprint density at radius 1 is 0.419 bits per heavy atom. The van der Waals surface area contributed by atoms with Gasteiger partial charge in [-0.15, -0.1) is 0 Å². The van der Waals surface area contributed by atoms with Crippen molar-refractivity contribution in [3.63, 3.8) is 0 Å². The van der Waals surface area contributed by atoms with Crippen LogP contribution in [-0.2, 0) is 12.8 Å². The fraction of sp³-hybridized carbons (Fsp3) is 0.550. The highest BCUT2D eigenvalue weighted by Crippen LogP contribution is 2.23. The zero-order valence-electron chi connectivity index (χ0n) is 28.4. The van der Waals surface area contributed by atoms with Crippen molar-refractivity contribution in [2.45, 2.75) is 144 Å². The first-order valence-electron chi connectivity index (χ1n) is 17.0. The molecule has 0 radical (unpaired) electrons. The molecular weight excluding hydrogens is 528 g/mol. The van der Waals surface area contributed by atoms with Gasteiger partial charge in [-0.05, 0) is 99.4 Å². The Labute approximate surface area is 264 Å². The molecule has 43 heavy (non-hydrogen) atoms. The smallest absolute Gasteiger partial charge is 0.118 e. The molecule has 0 heterocycles. The quantitative estimate of drug-likeness (QED) is 0.145. The van der Waals surface area contributed by atoms with Crippen molar-refractivity contribution in [2.24, 2.45) is 0 Å². The minimum absolute atomic E-state index is 0.376. The fourth-order valence-electron chi connectivity index (χ4n) is 5.08. The Balaban J connectivity index is 0.000000412. The van der Waals surface area contributed by atoms with Crippen molar-refractivity contribution in [1.29, 1.82) is 0 Å². The van der Waals surface area contributed by atoms with E-state index in [9.17, 15) is 5.11 Å². The first-order valence-corrected chi connectivity index (χ1v) is 17.0. The van der Waals surface area contributed by atoms with Gasteiger partial charge in [0.2, 0.25) is 0 Å². The van der Waals surface area contributed by atoms with Crippen molar-refractivity contribution in [3.8, 4) is 17.2 Å². The summed E-state index contributed by atoms with van der Waals surface area (Å²) in [5.74, 6) is 1.25. The molecule has 0 spiro atoms. The van der Waals surface area contributed by atoms with Crippen molar-refractivity contribution in [3.05, 3.63) is 88.0 Å². The van der Waals surface area contributed by atoms with Gasteiger partial charge in [-0.2, -0.15) is 0 Å². The number of benzene rings is 3. The second-order valence-corrected chi connectivity index (χ2v) is 12.3. The van der Waals surface area contributed by atoms with E-state index in [1.54, 1.807) is 12.1 Å². The van der Waals surface area contributed by atoms with Gasteiger partial charge >= 0.3 is 0 Å². The van der Waals surface area contributed by atoms with E-state index in [-0.39, 0.29) is 0 Å². The van der Waals surface area contributed by atoms with Gasteiger partial charge in [0.25, 0.3) is 0 Å². The standard InChI is InChI=1S/C24H42O.2C8H10O/c1-3-5-7-9-11-13-15-17-22-19-20-24(25)23(21-22)18-16-14-12-10-8-6-4-2;1-6-3-4-8(9)7(2)5-6;1-6-3-4-7(2)8(9)5-6/h19-21,25H,3-18H2,1-2H3;2*3-5,9H,1-2H3. The molecule has 0 saturated carbocycles. The van der Waals surface area contributed by atoms with Crippen molar-refractivity contribution >= 4 is 0 Å². The summed E-state index contributed by atoms with van der Waals surface area (Å²) in [6.45, 7) is 12.3. The molecule has 0 aromatic heterocycles. The Morgan fingerprint density at radius 3 is 1.42 bits per heavy atom. The molecule has 0 fully saturated rings. The van der Waals surface area contributed by atoms with Crippen LogP contribution in [0.1, 0.15) is 137 Å². The fourth-order valence-corrected chi connectivity index (χ4v) is 5.08. The van der Waals surface area contributed by atoms with Gasteiger partial charge in [0.1, 0.15) is 17.2 Å². The van der Waals surface area contributed by atoms with Crippen LogP contribution in [0.4, 0.5) is 0 Å². The lowest BCUT2D eigenvalue weighted by Crippen LogP contribution is -1.92. The van der Waals surface area contributed by atoms with E-state index in [1.165, 1.54) is 101 Å². The van der Waals surface area contributed by atoms with E-state index in [0.29, 0.717) is 17.2 Å². The van der Waals surface area contributed by atoms with Gasteiger partial charge in [0.05, 0.1) is 0 Å². The van der Waals surface area contributed by atoms with E-state index < -0.39 is 0 Å². The van der Waals surface area contributed by atoms with Crippen LogP contribution >= 0.6 is 0 Å². The molecule has 0 aliphatic carbocycles. The molecule has 0 aliphatic heterocycles. The first-order chi connectivity index (χ1) is 20.7. The summed E-state index contributed by atoms with van der Waals surface area (Å²) in [6, 6.07) is 17.5. The van der Waals surface area contributed by atoms with E-state index in [2.05, 4.69) is 26.0 Å². The third-order valence-electron chi connectivity index (χ3n) is 7.98. The van der Waals surface area contributed by atoms with Crippen LogP contribution in [0, 0.1) is 27.7 Å². The summed E-state index contributed by atoms with van der Waals surface area (Å²) in [5.41, 5.74) is 6.72. The van der Waals surface area contributed by atoms with Gasteiger partial charge in [-0.1, -0.05) is 133 Å². The van der Waals surface area contributed by atoms with Gasteiger partial charge in [0.15, 0.2) is 0 Å². The minimum atomic E-state index is 0.376. The highest BCUT2D eigenvalue weighted by atomic mass is 16.3. The normalized spacial score (nSPS) is 10.5. The Hall–Kier alpha value is -2.94. The third kappa shape index (κ3) is 18.4. The van der Waals surface area contributed by atoms with Crippen molar-refractivity contribution in [2.75, 3.05) is 0 Å². The molecule has 0 unspecified atom stereocenters. The van der Waals surface area contributed by atoms with Crippen LogP contribution < -0.4 is 0 Å². The largest absolute Gasteiger partial charge is 0.508 e. The maximum atomic E-state index is 10.1. The van der Waals surface area contributed by atoms with Gasteiger partial charge < -0.3 is 15.3 Å². The summed E-state index contributed by atoms with van der Waals surface area (Å²) >= 11 is 0. The molecule has 0 bridgehead atoms. The maximum absolute atomic E-state index is 10.1. The average molecular weight is 591 g/mol. The Kier molecular flexibility index (Phi) is 20.8. The molecule has 0 amide bonds. The summed E-state index contributed by atoms with van der Waals surface area (Å²) in [5, 5.41) is 28.2. The van der Waals surface area contributed by atoms with Crippen LogP contribution in [-0.4, -0.2) is 15.3 Å². The molecule has 3 N–H and O–H groups in total. The summed E-state index contributed by atoms with van der Waals surface area (Å²) < 4.78 is 0. The second kappa shape index (κ2) is 23.5. The van der Waals surface area contributed by atoms with Crippen molar-refractivity contribution in [1.82, 2.24) is 0 Å². The number of aromatic hydroxyl groups is 3. The lowest BCUT2D eigenvalue weighted by atomic mass is 9.99. The first kappa shape index (κ1) is 38.1. The lowest BCUT2D eigenvalue weighted by Gasteiger charge is -2.08. The number of phenolic OH excluding ortho intramolecular Hbond substituents is 3. The highest BCUT2D eigenvalue weighted by Gasteiger charge is 2.04. The maximum Gasteiger partial charge on any atom is 0.118 e. The van der Waals surface area contributed by atoms with Crippen LogP contribution in [0.15, 0.2) is 54.6 Å². The molecule has 240 valence electrons. The summed E-state index contributed by atoms with van der Waals surface area (Å²) in [7, 11) is 0. The summed E-state index contributed by atoms with van der Waals surface area (Å²) in [4.78, 5) is 0. The number of aryl methyl sites for hydroxylation is 6. The highest BCUT2D eigenvalue weighted by molar-refractivity contribution is 5.37. The van der Waals surface area contributed by atoms with Crippen LogP contribution in [0.3, 0.4) is 0 Å². The van der Waals surface area contributed by atoms with E-state index >= 15 is 0 Å². The van der Waals surface area contributed by atoms with Crippen molar-refractivity contribution < 1.29 is 15.3 Å². The minimum Gasteiger partial charge on any atom is -0.508 e. The Morgan fingerprint density at radius 2 is 0.907 bits per heavy atom. The predicted molar refractivity (Wildman–Crippen MR) is 187 cm³/mol. The second-order valence-electron chi connectivity index (χ2n) is 12.3. The van der Waals surface area contributed by atoms with Gasteiger partial charge in [-0.25, -0.2) is 0 Å². The topological polar surface area (TPSA) is 60.7 Å². The zero-order valence-corrected chi connectivity index (χ0v) is 28.4. The van der Waals surface area contributed by atoms with Crippen LogP contribution in [0.5, 0.6) is 17.2 Å². The molecule has 0 atom stereocenters. The Bertz CT molecular complexity index is 1090. The van der Waals surface area contributed by atoms with Gasteiger partial charge in [-0.3, -0.25) is 0 Å². The molecule has 0 aliphatic rings. The number of rotatable bonds is 16. The monoisotopic (exact) mass is 590 g/mol. The SMILES string of the molecule is CCCCCCCCCc1ccc(O)c(CCCCCCCCC)c1.Cc1ccc(C)c(O)c1.Cc1ccc(O)c(C)c1. The van der Waals surface area contributed by atoms with Gasteiger partial charge in [0, 0.05) is 0 Å². The number of unbranched alkanes of at least 4 members (excludes halogenated alkanes) is 12. The van der Waals surface area contributed by atoms with E-state index in [4.69, 9.17) is 10.2 Å². The number of hydrogen-bond acceptors (Lipinski definition) is 3. The molecular formula is C40H62O3. The zero-order chi connectivity index (χ0) is 31.9. The molecule has 3 aromatic carbocycles. The number of hydrogen-bond donors (Lipinski definition) is 3.